The van der Waals surface area contributed by atoms with Gasteiger partial charge >= 0.3 is 11.9 Å². The van der Waals surface area contributed by atoms with E-state index in [0.717, 1.165) is 25.7 Å². The molecular formula is C46H90O13. The summed E-state index contributed by atoms with van der Waals surface area (Å²) < 4.78 is 59.9. The largest absolute Gasteiger partial charge is 0.463 e. The van der Waals surface area contributed by atoms with Gasteiger partial charge < -0.3 is 52.1 Å². The fraction of sp³-hybridized carbons (Fsp3) is 0.957. The summed E-state index contributed by atoms with van der Waals surface area (Å²) in [5, 5.41) is 0. The van der Waals surface area contributed by atoms with Gasteiger partial charge in [0, 0.05) is 12.8 Å². The highest BCUT2D eigenvalue weighted by molar-refractivity contribution is 5.69. The molecule has 0 radical (unpaired) electrons. The lowest BCUT2D eigenvalue weighted by Crippen LogP contribution is -2.15. The monoisotopic (exact) mass is 851 g/mol. The maximum absolute atomic E-state index is 11.8. The molecule has 352 valence electrons. The van der Waals surface area contributed by atoms with E-state index in [0.29, 0.717) is 132 Å². The van der Waals surface area contributed by atoms with Crippen molar-refractivity contribution in [1.29, 1.82) is 0 Å². The molecule has 0 aliphatic carbocycles. The smallest absolute Gasteiger partial charge is 0.305 e. The van der Waals surface area contributed by atoms with Gasteiger partial charge in [0.15, 0.2) is 0 Å². The Morgan fingerprint density at radius 3 is 0.610 bits per heavy atom. The average molecular weight is 851 g/mol. The van der Waals surface area contributed by atoms with Crippen LogP contribution >= 0.6 is 0 Å². The van der Waals surface area contributed by atoms with Crippen LogP contribution in [0.15, 0.2) is 0 Å². The van der Waals surface area contributed by atoms with Crippen LogP contribution in [0.2, 0.25) is 0 Å². The first-order chi connectivity index (χ1) is 29.2. The standard InChI is InChI=1S/C46H90O13/c1-3-5-7-9-11-13-15-17-19-21-23-45(47)58-43-41-56-39-37-54-35-33-52-31-29-50-27-25-49-26-28-51-30-32-53-34-36-55-38-40-57-42-44-59-46(48)24-22-20-18-16-14-12-10-8-6-4-2/h3-44H2,1-2H3. The minimum Gasteiger partial charge on any atom is -0.463 e. The SMILES string of the molecule is CCCCCCCCCCCCC(=O)OCCOCCOCCOCCOCCOCCOCCOCCOCCOCCOC(=O)CCCCCCCCCCCC. The molecule has 0 rings (SSSR count). The van der Waals surface area contributed by atoms with Crippen molar-refractivity contribution in [2.24, 2.45) is 0 Å². The number of carbonyl (C=O) groups is 2. The Balaban J connectivity index is 3.15. The molecular weight excluding hydrogens is 760 g/mol. The third-order valence-corrected chi connectivity index (χ3v) is 9.43. The van der Waals surface area contributed by atoms with Crippen molar-refractivity contribution in [1.82, 2.24) is 0 Å². The van der Waals surface area contributed by atoms with E-state index < -0.39 is 0 Å². The molecule has 0 amide bonds. The Hall–Kier alpha value is -1.42. The second kappa shape index (κ2) is 52.7. The molecule has 0 heterocycles. The first kappa shape index (κ1) is 57.6. The number of hydrogen-bond donors (Lipinski definition) is 0. The quantitative estimate of drug-likeness (QED) is 0.0426. The summed E-state index contributed by atoms with van der Waals surface area (Å²) in [6, 6.07) is 0. The van der Waals surface area contributed by atoms with Crippen LogP contribution in [0, 0.1) is 0 Å². The van der Waals surface area contributed by atoms with Crippen molar-refractivity contribution in [3.63, 3.8) is 0 Å². The second-order valence-electron chi connectivity index (χ2n) is 14.8. The van der Waals surface area contributed by atoms with Gasteiger partial charge in [-0.25, -0.2) is 0 Å². The van der Waals surface area contributed by atoms with Crippen LogP contribution in [0.5, 0.6) is 0 Å². The van der Waals surface area contributed by atoms with Crippen molar-refractivity contribution in [3.05, 3.63) is 0 Å². The first-order valence-electron chi connectivity index (χ1n) is 23.7. The van der Waals surface area contributed by atoms with Crippen LogP contribution < -0.4 is 0 Å². The van der Waals surface area contributed by atoms with Gasteiger partial charge in [-0.1, -0.05) is 129 Å². The molecule has 0 fully saturated rings. The van der Waals surface area contributed by atoms with Gasteiger partial charge in [-0.3, -0.25) is 9.59 Å². The molecule has 59 heavy (non-hydrogen) atoms. The van der Waals surface area contributed by atoms with Crippen LogP contribution in [0.25, 0.3) is 0 Å². The van der Waals surface area contributed by atoms with Crippen LogP contribution in [-0.4, -0.2) is 144 Å². The third-order valence-electron chi connectivity index (χ3n) is 9.43. The second-order valence-corrected chi connectivity index (χ2v) is 14.8. The summed E-state index contributed by atoms with van der Waals surface area (Å²) in [6.45, 7) is 13.5. The summed E-state index contributed by atoms with van der Waals surface area (Å²) in [4.78, 5) is 23.7. The predicted octanol–water partition coefficient (Wildman–Crippen LogP) is 8.84. The van der Waals surface area contributed by atoms with Gasteiger partial charge in [0.25, 0.3) is 0 Å². The summed E-state index contributed by atoms with van der Waals surface area (Å²) in [5.74, 6) is -0.273. The highest BCUT2D eigenvalue weighted by atomic mass is 16.6. The lowest BCUT2D eigenvalue weighted by Gasteiger charge is -2.09. The molecule has 0 saturated heterocycles. The molecule has 0 aliphatic rings. The third kappa shape index (κ3) is 52.7. The molecule has 13 heteroatoms. The van der Waals surface area contributed by atoms with Gasteiger partial charge in [0.1, 0.15) is 13.2 Å². The van der Waals surface area contributed by atoms with Gasteiger partial charge in [-0.05, 0) is 12.8 Å². The fourth-order valence-corrected chi connectivity index (χ4v) is 5.95. The molecule has 0 spiro atoms. The molecule has 0 unspecified atom stereocenters. The van der Waals surface area contributed by atoms with Crippen molar-refractivity contribution < 1.29 is 61.7 Å². The first-order valence-corrected chi connectivity index (χ1v) is 23.7. The molecule has 0 aliphatic heterocycles. The maximum Gasteiger partial charge on any atom is 0.305 e. The summed E-state index contributed by atoms with van der Waals surface area (Å²) in [7, 11) is 0. The van der Waals surface area contributed by atoms with E-state index >= 15 is 0 Å². The van der Waals surface area contributed by atoms with Gasteiger partial charge in [-0.2, -0.15) is 0 Å². The Labute approximate surface area is 360 Å². The predicted molar refractivity (Wildman–Crippen MR) is 232 cm³/mol. The summed E-state index contributed by atoms with van der Waals surface area (Å²) >= 11 is 0. The number of esters is 2. The highest BCUT2D eigenvalue weighted by Gasteiger charge is 2.04. The zero-order valence-electron chi connectivity index (χ0n) is 38.0. The molecule has 0 aromatic heterocycles. The van der Waals surface area contributed by atoms with Crippen LogP contribution in [0.4, 0.5) is 0 Å². The van der Waals surface area contributed by atoms with Crippen molar-refractivity contribution in [2.45, 2.75) is 155 Å². The molecule has 0 bridgehead atoms. The Bertz CT molecular complexity index is 756. The van der Waals surface area contributed by atoms with E-state index in [2.05, 4.69) is 13.8 Å². The Morgan fingerprint density at radius 1 is 0.237 bits per heavy atom. The number of unbranched alkanes of at least 4 members (excludes halogenated alkanes) is 18. The topological polar surface area (TPSA) is 136 Å². The molecule has 0 saturated carbocycles. The summed E-state index contributed by atoms with van der Waals surface area (Å²) in [5.41, 5.74) is 0. The van der Waals surface area contributed by atoms with Crippen LogP contribution in [0.3, 0.4) is 0 Å². The van der Waals surface area contributed by atoms with Crippen molar-refractivity contribution in [3.8, 4) is 0 Å². The van der Waals surface area contributed by atoms with Crippen LogP contribution in [-0.2, 0) is 61.7 Å². The van der Waals surface area contributed by atoms with Crippen molar-refractivity contribution >= 4 is 11.9 Å². The average Bonchev–Trinajstić information content (AvgIpc) is 3.24. The molecule has 0 atom stereocenters. The maximum atomic E-state index is 11.8. The molecule has 0 N–H and O–H groups in total. The lowest BCUT2D eigenvalue weighted by molar-refractivity contribution is -0.146. The lowest BCUT2D eigenvalue weighted by atomic mass is 10.1. The highest BCUT2D eigenvalue weighted by Crippen LogP contribution is 2.13. The fourth-order valence-electron chi connectivity index (χ4n) is 5.95. The summed E-state index contributed by atoms with van der Waals surface area (Å²) in [6.07, 6.45) is 26.0. The molecule has 13 nitrogen and oxygen atoms in total. The Morgan fingerprint density at radius 2 is 0.407 bits per heavy atom. The van der Waals surface area contributed by atoms with E-state index in [-0.39, 0.29) is 25.2 Å². The number of rotatable bonds is 52. The van der Waals surface area contributed by atoms with Crippen LogP contribution in [0.1, 0.15) is 155 Å². The van der Waals surface area contributed by atoms with E-state index in [4.69, 9.17) is 52.1 Å². The minimum absolute atomic E-state index is 0.137. The van der Waals surface area contributed by atoms with E-state index in [1.807, 2.05) is 0 Å². The number of hydrogen-bond acceptors (Lipinski definition) is 13. The van der Waals surface area contributed by atoms with Gasteiger partial charge in [-0.15, -0.1) is 0 Å². The van der Waals surface area contributed by atoms with E-state index in [1.165, 1.54) is 103 Å². The minimum atomic E-state index is -0.137. The van der Waals surface area contributed by atoms with E-state index in [1.54, 1.807) is 0 Å². The number of carbonyl (C=O) groups excluding carboxylic acids is 2. The van der Waals surface area contributed by atoms with E-state index in [9.17, 15) is 9.59 Å². The van der Waals surface area contributed by atoms with Gasteiger partial charge in [0.2, 0.25) is 0 Å². The zero-order chi connectivity index (χ0) is 42.6. The molecule has 0 aromatic rings. The Kier molecular flexibility index (Phi) is 51.4. The zero-order valence-corrected chi connectivity index (χ0v) is 38.0. The molecule has 0 aromatic carbocycles. The van der Waals surface area contributed by atoms with Gasteiger partial charge in [0.05, 0.1) is 119 Å². The number of ether oxygens (including phenoxy) is 11. The van der Waals surface area contributed by atoms with Crippen molar-refractivity contribution in [2.75, 3.05) is 132 Å². The normalized spacial score (nSPS) is 11.4.